The molecule has 112 valence electrons. The molecule has 0 bridgehead atoms. The fourth-order valence-electron chi connectivity index (χ4n) is 2.46. The van der Waals surface area contributed by atoms with Gasteiger partial charge in [-0.1, -0.05) is 47.5 Å². The molecule has 2 aromatic carbocycles. The third kappa shape index (κ3) is 4.21. The zero-order valence-electron chi connectivity index (χ0n) is 12.8. The van der Waals surface area contributed by atoms with Gasteiger partial charge in [-0.25, -0.2) is 0 Å². The summed E-state index contributed by atoms with van der Waals surface area (Å²) in [6, 6.07) is 16.1. The summed E-state index contributed by atoms with van der Waals surface area (Å²) in [5, 5.41) is 4.05. The van der Waals surface area contributed by atoms with Crippen molar-refractivity contribution in [2.24, 2.45) is 0 Å². The maximum Gasteiger partial charge on any atom is 0.206 e. The monoisotopic (exact) mass is 354 g/mol. The molecule has 2 aromatic rings. The van der Waals surface area contributed by atoms with E-state index in [0.717, 1.165) is 10.0 Å². The smallest absolute Gasteiger partial charge is 0.206 e. The Labute approximate surface area is 139 Å². The highest BCUT2D eigenvalue weighted by atomic mass is 35.5. The van der Waals surface area contributed by atoms with Crippen molar-refractivity contribution in [1.29, 1.82) is 0 Å². The Morgan fingerprint density at radius 2 is 0.905 bits per heavy atom. The third-order valence-corrected chi connectivity index (χ3v) is 11.6. The van der Waals surface area contributed by atoms with Crippen molar-refractivity contribution in [2.75, 3.05) is 0 Å². The minimum Gasteiger partial charge on any atom is -0.449 e. The van der Waals surface area contributed by atoms with E-state index in [1.54, 1.807) is 0 Å². The molecule has 0 fully saturated rings. The molecule has 0 spiro atoms. The molecule has 0 atom stereocenters. The van der Waals surface area contributed by atoms with Crippen LogP contribution in [0.1, 0.15) is 0 Å². The minimum atomic E-state index is -1.96. The summed E-state index contributed by atoms with van der Waals surface area (Å²) in [7, 11) is -3.93. The first-order chi connectivity index (χ1) is 9.71. The number of rotatable bonds is 4. The lowest BCUT2D eigenvalue weighted by atomic mass is 10.4. The van der Waals surface area contributed by atoms with Crippen molar-refractivity contribution in [3.8, 4) is 0 Å². The number of hydrogen-bond donors (Lipinski definition) is 0. The van der Waals surface area contributed by atoms with Crippen LogP contribution in [0.5, 0.6) is 0 Å². The second kappa shape index (κ2) is 6.27. The van der Waals surface area contributed by atoms with E-state index in [4.69, 9.17) is 27.3 Å². The van der Waals surface area contributed by atoms with E-state index in [-0.39, 0.29) is 0 Å². The zero-order valence-corrected chi connectivity index (χ0v) is 16.3. The van der Waals surface area contributed by atoms with E-state index in [1.807, 2.05) is 24.3 Å². The lowest BCUT2D eigenvalue weighted by Crippen LogP contribution is -2.57. The van der Waals surface area contributed by atoms with Gasteiger partial charge in [-0.3, -0.25) is 0 Å². The Hall–Kier alpha value is -0.586. The van der Waals surface area contributed by atoms with Gasteiger partial charge in [0.2, 0.25) is 16.6 Å². The molecular weight excluding hydrogens is 335 g/mol. The fourth-order valence-corrected chi connectivity index (χ4v) is 10.7. The molecule has 2 rings (SSSR count). The minimum absolute atomic E-state index is 0.762. The summed E-state index contributed by atoms with van der Waals surface area (Å²) in [5.74, 6) is 0. The topological polar surface area (TPSA) is 9.23 Å². The zero-order chi connectivity index (χ0) is 15.7. The molecule has 0 aliphatic heterocycles. The summed E-state index contributed by atoms with van der Waals surface area (Å²) in [5.41, 5.74) is 0. The fraction of sp³-hybridized carbons (Fsp3) is 0.250. The van der Waals surface area contributed by atoms with Crippen molar-refractivity contribution in [2.45, 2.75) is 26.2 Å². The predicted octanol–water partition coefficient (Wildman–Crippen LogP) is 4.53. The second-order valence-corrected chi connectivity index (χ2v) is 15.0. The first kappa shape index (κ1) is 16.8. The van der Waals surface area contributed by atoms with E-state index in [1.165, 1.54) is 10.4 Å². The van der Waals surface area contributed by atoms with Crippen LogP contribution in [0, 0.1) is 0 Å². The molecule has 1 nitrogen and oxygen atoms in total. The van der Waals surface area contributed by atoms with Crippen LogP contribution in [0.15, 0.2) is 48.5 Å². The Kier molecular flexibility index (Phi) is 5.01. The van der Waals surface area contributed by atoms with Crippen molar-refractivity contribution in [3.63, 3.8) is 0 Å². The van der Waals surface area contributed by atoms with Gasteiger partial charge in [0.1, 0.15) is 0 Å². The van der Waals surface area contributed by atoms with Gasteiger partial charge in [-0.05, 0) is 60.8 Å². The normalized spacial score (nSPS) is 12.5. The standard InChI is InChI=1S/C16H20Cl2OSi2/c1-20(2,15-9-5-13(17)6-10-15)19-21(3,4)16-11-7-14(18)8-12-16/h5-12H,1-4H3. The predicted molar refractivity (Wildman–Crippen MR) is 98.2 cm³/mol. The van der Waals surface area contributed by atoms with Gasteiger partial charge in [0.25, 0.3) is 0 Å². The Bertz CT molecular complexity index is 552. The second-order valence-electron chi connectivity index (χ2n) is 6.14. The summed E-state index contributed by atoms with van der Waals surface area (Å²) < 4.78 is 6.67. The Morgan fingerprint density at radius 1 is 0.619 bits per heavy atom. The molecular formula is C16H20Cl2OSi2. The van der Waals surface area contributed by atoms with Gasteiger partial charge < -0.3 is 4.12 Å². The SMILES string of the molecule is C[Si](C)(O[Si](C)(C)c1ccc(Cl)cc1)c1ccc(Cl)cc1. The number of hydrogen-bond acceptors (Lipinski definition) is 1. The highest BCUT2D eigenvalue weighted by molar-refractivity contribution is 6.96. The van der Waals surface area contributed by atoms with Crippen molar-refractivity contribution in [1.82, 2.24) is 0 Å². The van der Waals surface area contributed by atoms with E-state index >= 15 is 0 Å². The molecule has 0 aromatic heterocycles. The summed E-state index contributed by atoms with van der Waals surface area (Å²) in [4.78, 5) is 0. The lowest BCUT2D eigenvalue weighted by Gasteiger charge is -2.34. The van der Waals surface area contributed by atoms with Crippen LogP contribution in [0.25, 0.3) is 0 Å². The molecule has 0 saturated carbocycles. The molecule has 0 radical (unpaired) electrons. The molecule has 0 saturated heterocycles. The average molecular weight is 355 g/mol. The van der Waals surface area contributed by atoms with Crippen LogP contribution in [-0.2, 0) is 4.12 Å². The Balaban J connectivity index is 2.25. The van der Waals surface area contributed by atoms with Crippen LogP contribution in [0.4, 0.5) is 0 Å². The van der Waals surface area contributed by atoms with Crippen LogP contribution < -0.4 is 10.4 Å². The highest BCUT2D eigenvalue weighted by Crippen LogP contribution is 2.17. The van der Waals surface area contributed by atoms with Crippen molar-refractivity contribution in [3.05, 3.63) is 58.6 Å². The van der Waals surface area contributed by atoms with E-state index in [9.17, 15) is 0 Å². The van der Waals surface area contributed by atoms with E-state index in [0.29, 0.717) is 0 Å². The quantitative estimate of drug-likeness (QED) is 0.732. The Morgan fingerprint density at radius 3 is 1.19 bits per heavy atom. The van der Waals surface area contributed by atoms with E-state index in [2.05, 4.69) is 50.5 Å². The summed E-state index contributed by atoms with van der Waals surface area (Å²) in [6.45, 7) is 8.95. The number of benzene rings is 2. The molecule has 0 amide bonds. The molecule has 0 aliphatic rings. The molecule has 0 aliphatic carbocycles. The molecule has 0 unspecified atom stereocenters. The molecule has 21 heavy (non-hydrogen) atoms. The van der Waals surface area contributed by atoms with Crippen molar-refractivity contribution < 1.29 is 4.12 Å². The van der Waals surface area contributed by atoms with Gasteiger partial charge in [0.15, 0.2) is 0 Å². The average Bonchev–Trinajstić information content (AvgIpc) is 2.38. The largest absolute Gasteiger partial charge is 0.449 e. The first-order valence-electron chi connectivity index (χ1n) is 6.93. The molecule has 5 heteroatoms. The third-order valence-electron chi connectivity index (χ3n) is 3.59. The summed E-state index contributed by atoms with van der Waals surface area (Å²) in [6.07, 6.45) is 0. The van der Waals surface area contributed by atoms with Crippen molar-refractivity contribution >= 4 is 50.2 Å². The van der Waals surface area contributed by atoms with Gasteiger partial charge >= 0.3 is 0 Å². The highest BCUT2D eigenvalue weighted by Gasteiger charge is 2.35. The van der Waals surface area contributed by atoms with Crippen LogP contribution >= 0.6 is 23.2 Å². The van der Waals surface area contributed by atoms with E-state index < -0.39 is 16.6 Å². The first-order valence-corrected chi connectivity index (χ1v) is 13.5. The van der Waals surface area contributed by atoms with Crippen LogP contribution in [0.3, 0.4) is 0 Å². The maximum atomic E-state index is 6.67. The van der Waals surface area contributed by atoms with Crippen LogP contribution in [0.2, 0.25) is 36.2 Å². The van der Waals surface area contributed by atoms with Gasteiger partial charge in [0, 0.05) is 10.0 Å². The van der Waals surface area contributed by atoms with Gasteiger partial charge in [-0.2, -0.15) is 0 Å². The summed E-state index contributed by atoms with van der Waals surface area (Å²) >= 11 is 12.0. The molecule has 0 N–H and O–H groups in total. The van der Waals surface area contributed by atoms with Gasteiger partial charge in [-0.15, -0.1) is 0 Å². The lowest BCUT2D eigenvalue weighted by molar-refractivity contribution is 0.573. The van der Waals surface area contributed by atoms with Crippen LogP contribution in [-0.4, -0.2) is 16.6 Å². The maximum absolute atomic E-state index is 6.67. The number of halogens is 2. The van der Waals surface area contributed by atoms with Gasteiger partial charge in [0.05, 0.1) is 0 Å². The molecule has 0 heterocycles.